The van der Waals surface area contributed by atoms with Crippen molar-refractivity contribution in [1.82, 2.24) is 5.32 Å². The Morgan fingerprint density at radius 3 is 2.50 bits per heavy atom. The van der Waals surface area contributed by atoms with Crippen molar-refractivity contribution in [1.29, 1.82) is 0 Å². The van der Waals surface area contributed by atoms with Gasteiger partial charge in [-0.2, -0.15) is 0 Å². The van der Waals surface area contributed by atoms with E-state index in [4.69, 9.17) is 21.1 Å². The number of hydrogen-bond acceptors (Lipinski definition) is 4. The molecule has 0 aliphatic carbocycles. The number of nitrogens with one attached hydrogen (secondary N) is 2. The smallest absolute Gasteiger partial charge is 0.253 e. The van der Waals surface area contributed by atoms with Gasteiger partial charge in [0, 0.05) is 6.07 Å². The number of unbranched alkanes of at least 4 members (excludes halogenated alkanes) is 1. The molecule has 0 saturated heterocycles. The minimum atomic E-state index is -0.761. The van der Waals surface area contributed by atoms with E-state index in [1.807, 2.05) is 13.8 Å². The standard InChI is InChI=1S/C23H29ClN2O4/c1-5-6-13-30-20-12-11-16(29-4)14-19(20)25-23(28)21(15(2)3)26-22(27)17-9-7-8-10-18(17)24/h7-12,14-15,21H,5-6,13H2,1-4H3,(H,25,28)(H,26,27). The molecule has 0 radical (unpaired) electrons. The van der Waals surface area contributed by atoms with Gasteiger partial charge in [-0.05, 0) is 36.6 Å². The van der Waals surface area contributed by atoms with Gasteiger partial charge in [-0.15, -0.1) is 0 Å². The van der Waals surface area contributed by atoms with Crippen LogP contribution in [0.1, 0.15) is 44.0 Å². The van der Waals surface area contributed by atoms with Crippen molar-refractivity contribution in [3.05, 3.63) is 53.1 Å². The Balaban J connectivity index is 2.20. The number of benzene rings is 2. The molecule has 0 spiro atoms. The van der Waals surface area contributed by atoms with Gasteiger partial charge >= 0.3 is 0 Å². The normalized spacial score (nSPS) is 11.7. The summed E-state index contributed by atoms with van der Waals surface area (Å²) in [5.74, 6) is 0.247. The molecule has 2 amide bonds. The molecule has 0 aromatic heterocycles. The van der Waals surface area contributed by atoms with Crippen molar-refractivity contribution >= 4 is 29.1 Å². The predicted molar refractivity (Wildman–Crippen MR) is 120 cm³/mol. The van der Waals surface area contributed by atoms with Crippen molar-refractivity contribution in [2.75, 3.05) is 19.0 Å². The minimum Gasteiger partial charge on any atom is -0.497 e. The SMILES string of the molecule is CCCCOc1ccc(OC)cc1NC(=O)C(NC(=O)c1ccccc1Cl)C(C)C. The topological polar surface area (TPSA) is 76.7 Å². The summed E-state index contributed by atoms with van der Waals surface area (Å²) in [6.45, 7) is 6.35. The maximum Gasteiger partial charge on any atom is 0.253 e. The van der Waals surface area contributed by atoms with Crippen molar-refractivity contribution in [2.45, 2.75) is 39.7 Å². The summed E-state index contributed by atoms with van der Waals surface area (Å²) in [6.07, 6.45) is 1.91. The van der Waals surface area contributed by atoms with E-state index in [-0.39, 0.29) is 11.8 Å². The van der Waals surface area contributed by atoms with E-state index in [0.29, 0.717) is 34.4 Å². The van der Waals surface area contributed by atoms with E-state index in [2.05, 4.69) is 17.6 Å². The summed E-state index contributed by atoms with van der Waals surface area (Å²) in [4.78, 5) is 25.7. The van der Waals surface area contributed by atoms with Crippen LogP contribution < -0.4 is 20.1 Å². The maximum absolute atomic E-state index is 13.0. The number of anilines is 1. The molecule has 7 heteroatoms. The van der Waals surface area contributed by atoms with Crippen molar-refractivity contribution in [3.63, 3.8) is 0 Å². The van der Waals surface area contributed by atoms with Gasteiger partial charge in [-0.25, -0.2) is 0 Å². The zero-order valence-corrected chi connectivity index (χ0v) is 18.6. The van der Waals surface area contributed by atoms with E-state index < -0.39 is 11.9 Å². The van der Waals surface area contributed by atoms with Gasteiger partial charge in [0.1, 0.15) is 17.5 Å². The number of methoxy groups -OCH3 is 1. The van der Waals surface area contributed by atoms with Crippen LogP contribution in [0.15, 0.2) is 42.5 Å². The average molecular weight is 433 g/mol. The molecular weight excluding hydrogens is 404 g/mol. The summed E-state index contributed by atoms with van der Waals surface area (Å²) in [5, 5.41) is 5.99. The Labute approximate surface area is 182 Å². The molecule has 2 aromatic carbocycles. The van der Waals surface area contributed by atoms with Crippen LogP contribution in [0.4, 0.5) is 5.69 Å². The van der Waals surface area contributed by atoms with E-state index >= 15 is 0 Å². The molecule has 0 aliphatic rings. The summed E-state index contributed by atoms with van der Waals surface area (Å²) >= 11 is 6.11. The minimum absolute atomic E-state index is 0.147. The fraction of sp³-hybridized carbons (Fsp3) is 0.391. The summed E-state index contributed by atoms with van der Waals surface area (Å²) in [5.41, 5.74) is 0.815. The molecule has 162 valence electrons. The molecule has 0 saturated carbocycles. The van der Waals surface area contributed by atoms with E-state index in [9.17, 15) is 9.59 Å². The van der Waals surface area contributed by atoms with Crippen LogP contribution >= 0.6 is 11.6 Å². The second kappa shape index (κ2) is 11.5. The molecule has 0 fully saturated rings. The number of carbonyl (C=O) groups excluding carboxylic acids is 2. The lowest BCUT2D eigenvalue weighted by Crippen LogP contribution is -2.47. The Morgan fingerprint density at radius 2 is 1.87 bits per heavy atom. The van der Waals surface area contributed by atoms with Crippen LogP contribution in [-0.2, 0) is 4.79 Å². The van der Waals surface area contributed by atoms with Gasteiger partial charge in [0.2, 0.25) is 5.91 Å². The molecule has 6 nitrogen and oxygen atoms in total. The quantitative estimate of drug-likeness (QED) is 0.522. The van der Waals surface area contributed by atoms with Crippen molar-refractivity contribution in [2.24, 2.45) is 5.92 Å². The molecule has 1 unspecified atom stereocenters. The first-order valence-corrected chi connectivity index (χ1v) is 10.4. The Kier molecular flexibility index (Phi) is 8.99. The zero-order valence-electron chi connectivity index (χ0n) is 17.8. The molecular formula is C23H29ClN2O4. The lowest BCUT2D eigenvalue weighted by atomic mass is 10.0. The lowest BCUT2D eigenvalue weighted by Gasteiger charge is -2.23. The third-order valence-corrected chi connectivity index (χ3v) is 4.88. The predicted octanol–water partition coefficient (Wildman–Crippen LogP) is 4.92. The van der Waals surface area contributed by atoms with Gasteiger partial charge in [0.25, 0.3) is 5.91 Å². The van der Waals surface area contributed by atoms with Crippen LogP contribution in [0.2, 0.25) is 5.02 Å². The highest BCUT2D eigenvalue weighted by Crippen LogP contribution is 2.30. The summed E-state index contributed by atoms with van der Waals surface area (Å²) < 4.78 is 11.1. The lowest BCUT2D eigenvalue weighted by molar-refractivity contribution is -0.118. The fourth-order valence-electron chi connectivity index (χ4n) is 2.80. The molecule has 0 bridgehead atoms. The van der Waals surface area contributed by atoms with Crippen LogP contribution in [0, 0.1) is 5.92 Å². The Bertz CT molecular complexity index is 870. The number of ether oxygens (including phenoxy) is 2. The Hall–Kier alpha value is -2.73. The Morgan fingerprint density at radius 1 is 1.13 bits per heavy atom. The summed E-state index contributed by atoms with van der Waals surface area (Å²) in [7, 11) is 1.55. The van der Waals surface area contributed by atoms with Crippen LogP contribution in [0.3, 0.4) is 0 Å². The first kappa shape index (κ1) is 23.5. The maximum atomic E-state index is 13.0. The van der Waals surface area contributed by atoms with E-state index in [1.54, 1.807) is 49.6 Å². The number of rotatable bonds is 10. The van der Waals surface area contributed by atoms with Crippen LogP contribution in [-0.4, -0.2) is 31.6 Å². The molecule has 0 aliphatic heterocycles. The van der Waals surface area contributed by atoms with E-state index in [1.165, 1.54) is 0 Å². The largest absolute Gasteiger partial charge is 0.497 e. The average Bonchev–Trinajstić information content (AvgIpc) is 2.72. The monoisotopic (exact) mass is 432 g/mol. The molecule has 2 rings (SSSR count). The molecule has 2 N–H and O–H groups in total. The first-order chi connectivity index (χ1) is 14.4. The van der Waals surface area contributed by atoms with Crippen molar-refractivity contribution < 1.29 is 19.1 Å². The van der Waals surface area contributed by atoms with Gasteiger partial charge < -0.3 is 20.1 Å². The highest BCUT2D eigenvalue weighted by atomic mass is 35.5. The highest BCUT2D eigenvalue weighted by Gasteiger charge is 2.26. The second-order valence-corrected chi connectivity index (χ2v) is 7.64. The molecule has 0 heterocycles. The number of amides is 2. The number of halogens is 1. The zero-order chi connectivity index (χ0) is 22.1. The van der Waals surface area contributed by atoms with Crippen molar-refractivity contribution in [3.8, 4) is 11.5 Å². The van der Waals surface area contributed by atoms with Gasteiger partial charge in [0.05, 0.1) is 30.0 Å². The molecule has 2 aromatic rings. The van der Waals surface area contributed by atoms with Gasteiger partial charge in [0.15, 0.2) is 0 Å². The van der Waals surface area contributed by atoms with E-state index in [0.717, 1.165) is 12.8 Å². The molecule has 1 atom stereocenters. The fourth-order valence-corrected chi connectivity index (χ4v) is 3.02. The third kappa shape index (κ3) is 6.39. The van der Waals surface area contributed by atoms with Gasteiger partial charge in [-0.1, -0.05) is 50.9 Å². The number of carbonyl (C=O) groups is 2. The van der Waals surface area contributed by atoms with Gasteiger partial charge in [-0.3, -0.25) is 9.59 Å². The first-order valence-electron chi connectivity index (χ1n) is 10.0. The third-order valence-electron chi connectivity index (χ3n) is 4.55. The van der Waals surface area contributed by atoms with Crippen LogP contribution in [0.25, 0.3) is 0 Å². The number of hydrogen-bond donors (Lipinski definition) is 2. The highest BCUT2D eigenvalue weighted by molar-refractivity contribution is 6.33. The van der Waals surface area contributed by atoms with Crippen LogP contribution in [0.5, 0.6) is 11.5 Å². The second-order valence-electron chi connectivity index (χ2n) is 7.23. The summed E-state index contributed by atoms with van der Waals surface area (Å²) in [6, 6.07) is 11.2. The molecule has 30 heavy (non-hydrogen) atoms.